The molecule has 0 saturated heterocycles. The topological polar surface area (TPSA) is 62.0 Å². The number of aromatic hydroxyl groups is 1. The second-order valence-electron chi connectivity index (χ2n) is 4.89. The molecule has 0 unspecified atom stereocenters. The molecule has 4 heteroatoms. The molecule has 2 aromatic carbocycles. The summed E-state index contributed by atoms with van der Waals surface area (Å²) in [6.07, 6.45) is 2.48. The predicted octanol–water partition coefficient (Wildman–Crippen LogP) is 2.94. The molecule has 116 valence electrons. The van der Waals surface area contributed by atoms with E-state index in [1.807, 2.05) is 37.3 Å². The van der Waals surface area contributed by atoms with Crippen LogP contribution >= 0.6 is 0 Å². The van der Waals surface area contributed by atoms with Crippen LogP contribution in [0.25, 0.3) is 0 Å². The Morgan fingerprint density at radius 1 is 1.09 bits per heavy atom. The summed E-state index contributed by atoms with van der Waals surface area (Å²) in [6.45, 7) is 3.09. The van der Waals surface area contributed by atoms with Crippen LogP contribution in [0.4, 0.5) is 0 Å². The van der Waals surface area contributed by atoms with Crippen LogP contribution in [-0.4, -0.2) is 29.6 Å². The summed E-state index contributed by atoms with van der Waals surface area (Å²) in [4.78, 5) is 4.35. The lowest BCUT2D eigenvalue weighted by Gasteiger charge is -2.07. The summed E-state index contributed by atoms with van der Waals surface area (Å²) in [5.41, 5.74) is 2.73. The Balaban J connectivity index is 1.93. The molecule has 0 aromatic heterocycles. The van der Waals surface area contributed by atoms with Crippen LogP contribution in [0.15, 0.2) is 47.5 Å². The number of aliphatic hydroxyl groups excluding tert-OH is 1. The van der Waals surface area contributed by atoms with E-state index in [4.69, 9.17) is 9.84 Å². The van der Waals surface area contributed by atoms with Gasteiger partial charge in [-0.2, -0.15) is 0 Å². The van der Waals surface area contributed by atoms with E-state index in [1.165, 1.54) is 5.56 Å². The zero-order chi connectivity index (χ0) is 15.8. The fourth-order valence-electron chi connectivity index (χ4n) is 2.08. The maximum Gasteiger partial charge on any atom is 0.166 e. The largest absolute Gasteiger partial charge is 0.504 e. The molecule has 2 N–H and O–H groups in total. The second-order valence-corrected chi connectivity index (χ2v) is 4.89. The quantitative estimate of drug-likeness (QED) is 0.773. The van der Waals surface area contributed by atoms with Crippen LogP contribution in [0.3, 0.4) is 0 Å². The molecule has 2 rings (SSSR count). The van der Waals surface area contributed by atoms with Gasteiger partial charge in [-0.15, -0.1) is 0 Å². The highest BCUT2D eigenvalue weighted by Gasteiger charge is 2.05. The predicted molar refractivity (Wildman–Crippen MR) is 87.8 cm³/mol. The fraction of sp³-hybridized carbons (Fsp3) is 0.278. The first-order valence-corrected chi connectivity index (χ1v) is 7.38. The SMILES string of the molecule is CCOc1cccc(C=NCCc2ccc(CO)cc2)c1O. The van der Waals surface area contributed by atoms with Gasteiger partial charge < -0.3 is 14.9 Å². The molecule has 0 radical (unpaired) electrons. The molecular formula is C18H21NO3. The van der Waals surface area contributed by atoms with E-state index in [0.29, 0.717) is 24.5 Å². The summed E-state index contributed by atoms with van der Waals surface area (Å²) in [7, 11) is 0. The molecule has 0 atom stereocenters. The third kappa shape index (κ3) is 4.33. The normalized spacial score (nSPS) is 11.0. The highest BCUT2D eigenvalue weighted by Crippen LogP contribution is 2.28. The maximum absolute atomic E-state index is 10.1. The van der Waals surface area contributed by atoms with Gasteiger partial charge in [0.05, 0.1) is 13.2 Å². The third-order valence-electron chi connectivity index (χ3n) is 3.30. The minimum atomic E-state index is 0.0634. The van der Waals surface area contributed by atoms with Crippen LogP contribution in [-0.2, 0) is 13.0 Å². The molecule has 4 nitrogen and oxygen atoms in total. The van der Waals surface area contributed by atoms with Crippen molar-refractivity contribution in [3.05, 3.63) is 59.2 Å². The molecule has 0 amide bonds. The number of benzene rings is 2. The molecule has 0 fully saturated rings. The van der Waals surface area contributed by atoms with Crippen LogP contribution in [0.1, 0.15) is 23.6 Å². The van der Waals surface area contributed by atoms with Crippen LogP contribution < -0.4 is 4.74 Å². The Morgan fingerprint density at radius 2 is 1.82 bits per heavy atom. The number of nitrogens with zero attached hydrogens (tertiary/aromatic N) is 1. The van der Waals surface area contributed by atoms with Gasteiger partial charge in [-0.05, 0) is 36.6 Å². The molecule has 0 aliphatic carbocycles. The number of aliphatic hydroxyl groups is 1. The Bertz CT molecular complexity index is 621. The van der Waals surface area contributed by atoms with Crippen molar-refractivity contribution in [3.63, 3.8) is 0 Å². The number of ether oxygens (including phenoxy) is 1. The lowest BCUT2D eigenvalue weighted by atomic mass is 10.1. The average Bonchev–Trinajstić information content (AvgIpc) is 2.55. The Labute approximate surface area is 130 Å². The van der Waals surface area contributed by atoms with Crippen LogP contribution in [0.2, 0.25) is 0 Å². The van der Waals surface area contributed by atoms with Crippen LogP contribution in [0.5, 0.6) is 11.5 Å². The lowest BCUT2D eigenvalue weighted by Crippen LogP contribution is -1.95. The summed E-state index contributed by atoms with van der Waals surface area (Å²) < 4.78 is 5.34. The molecule has 0 bridgehead atoms. The number of phenols is 1. The molecule has 0 aliphatic heterocycles. The minimum absolute atomic E-state index is 0.0634. The van der Waals surface area contributed by atoms with Crippen LogP contribution in [0, 0.1) is 0 Å². The van der Waals surface area contributed by atoms with E-state index < -0.39 is 0 Å². The molecular weight excluding hydrogens is 278 g/mol. The van der Waals surface area contributed by atoms with E-state index in [0.717, 1.165) is 12.0 Å². The minimum Gasteiger partial charge on any atom is -0.504 e. The Morgan fingerprint density at radius 3 is 2.50 bits per heavy atom. The first kappa shape index (κ1) is 16.0. The van der Waals surface area contributed by atoms with Gasteiger partial charge >= 0.3 is 0 Å². The van der Waals surface area contributed by atoms with Crippen molar-refractivity contribution in [2.45, 2.75) is 20.0 Å². The van der Waals surface area contributed by atoms with Crippen molar-refractivity contribution < 1.29 is 14.9 Å². The van der Waals surface area contributed by atoms with Gasteiger partial charge in [0.1, 0.15) is 0 Å². The Kier molecular flexibility index (Phi) is 5.98. The standard InChI is InChI=1S/C18H21NO3/c1-2-22-17-5-3-4-16(18(17)21)12-19-11-10-14-6-8-15(13-20)9-7-14/h3-9,12,20-21H,2,10-11,13H2,1H3. The molecule has 0 saturated carbocycles. The van der Waals surface area contributed by atoms with Gasteiger partial charge in [-0.1, -0.05) is 30.3 Å². The zero-order valence-electron chi connectivity index (χ0n) is 12.7. The molecule has 0 spiro atoms. The first-order chi connectivity index (χ1) is 10.7. The monoisotopic (exact) mass is 299 g/mol. The van der Waals surface area contributed by atoms with Gasteiger partial charge in [0, 0.05) is 18.3 Å². The molecule has 0 aliphatic rings. The van der Waals surface area contributed by atoms with E-state index in [1.54, 1.807) is 18.3 Å². The highest BCUT2D eigenvalue weighted by atomic mass is 16.5. The number of rotatable bonds is 7. The van der Waals surface area contributed by atoms with Crippen molar-refractivity contribution in [1.82, 2.24) is 0 Å². The van der Waals surface area contributed by atoms with Gasteiger partial charge in [0.15, 0.2) is 11.5 Å². The lowest BCUT2D eigenvalue weighted by molar-refractivity contribution is 0.282. The van der Waals surface area contributed by atoms with Crippen molar-refractivity contribution >= 4 is 6.21 Å². The van der Waals surface area contributed by atoms with E-state index >= 15 is 0 Å². The maximum atomic E-state index is 10.1. The first-order valence-electron chi connectivity index (χ1n) is 7.38. The number of aliphatic imine (C=N–C) groups is 1. The van der Waals surface area contributed by atoms with Crippen molar-refractivity contribution in [2.75, 3.05) is 13.2 Å². The van der Waals surface area contributed by atoms with Crippen molar-refractivity contribution in [3.8, 4) is 11.5 Å². The van der Waals surface area contributed by atoms with E-state index in [9.17, 15) is 5.11 Å². The fourth-order valence-corrected chi connectivity index (χ4v) is 2.08. The van der Waals surface area contributed by atoms with Gasteiger partial charge in [-0.3, -0.25) is 4.99 Å². The van der Waals surface area contributed by atoms with Gasteiger partial charge in [0.25, 0.3) is 0 Å². The third-order valence-corrected chi connectivity index (χ3v) is 3.30. The summed E-state index contributed by atoms with van der Waals surface area (Å²) in [6, 6.07) is 13.2. The Hall–Kier alpha value is -2.33. The van der Waals surface area contributed by atoms with Crippen molar-refractivity contribution in [2.24, 2.45) is 4.99 Å². The zero-order valence-corrected chi connectivity index (χ0v) is 12.7. The molecule has 0 heterocycles. The summed E-state index contributed by atoms with van der Waals surface area (Å²) >= 11 is 0. The van der Waals surface area contributed by atoms with E-state index in [2.05, 4.69) is 4.99 Å². The van der Waals surface area contributed by atoms with Gasteiger partial charge in [0.2, 0.25) is 0 Å². The average molecular weight is 299 g/mol. The summed E-state index contributed by atoms with van der Waals surface area (Å²) in [5, 5.41) is 19.1. The number of para-hydroxylation sites is 1. The molecule has 2 aromatic rings. The number of hydrogen-bond acceptors (Lipinski definition) is 4. The van der Waals surface area contributed by atoms with Crippen molar-refractivity contribution in [1.29, 1.82) is 0 Å². The number of phenolic OH excluding ortho intramolecular Hbond substituents is 1. The van der Waals surface area contributed by atoms with Gasteiger partial charge in [-0.25, -0.2) is 0 Å². The molecule has 22 heavy (non-hydrogen) atoms. The highest BCUT2D eigenvalue weighted by molar-refractivity contribution is 5.84. The summed E-state index contributed by atoms with van der Waals surface area (Å²) in [5.74, 6) is 0.603. The smallest absolute Gasteiger partial charge is 0.166 e. The second kappa shape index (κ2) is 8.20. The number of hydrogen-bond donors (Lipinski definition) is 2. The van der Waals surface area contributed by atoms with E-state index in [-0.39, 0.29) is 12.4 Å².